The fraction of sp³-hybridized carbons (Fsp3) is 0.227. The van der Waals surface area contributed by atoms with E-state index < -0.39 is 7.29 Å². The lowest BCUT2D eigenvalue weighted by Gasteiger charge is -2.18. The molecule has 2 nitrogen and oxygen atoms in total. The van der Waals surface area contributed by atoms with Crippen LogP contribution in [0.3, 0.4) is 0 Å². The van der Waals surface area contributed by atoms with Gasteiger partial charge in [-0.1, -0.05) is 34.4 Å². The van der Waals surface area contributed by atoms with Gasteiger partial charge in [0.1, 0.15) is 0 Å². The van der Waals surface area contributed by atoms with Gasteiger partial charge in [-0.05, 0) is 75.7 Å². The Morgan fingerprint density at radius 1 is 0.846 bits per heavy atom. The average molecular weight is 381 g/mol. The average Bonchev–Trinajstić information content (AvgIpc) is 3.07. The summed E-state index contributed by atoms with van der Waals surface area (Å²) in [4.78, 5) is 0. The maximum Gasteiger partial charge on any atom is 0.247 e. The van der Waals surface area contributed by atoms with E-state index in [1.54, 1.807) is 11.3 Å². The van der Waals surface area contributed by atoms with Gasteiger partial charge in [0.15, 0.2) is 0 Å². The van der Waals surface area contributed by atoms with Crippen molar-refractivity contribution in [1.29, 1.82) is 0 Å². The summed E-state index contributed by atoms with van der Waals surface area (Å²) in [7, 11) is -3.14. The highest BCUT2D eigenvalue weighted by molar-refractivity contribution is 7.77. The van der Waals surface area contributed by atoms with Gasteiger partial charge in [0, 0.05) is 21.9 Å². The summed E-state index contributed by atoms with van der Waals surface area (Å²) >= 11 is 1.62. The van der Waals surface area contributed by atoms with E-state index in [-0.39, 0.29) is 0 Å². The van der Waals surface area contributed by atoms with Gasteiger partial charge in [-0.2, -0.15) is 11.3 Å². The highest BCUT2D eigenvalue weighted by Crippen LogP contribution is 2.46. The summed E-state index contributed by atoms with van der Waals surface area (Å²) in [6.07, 6.45) is 0. The molecule has 0 fully saturated rings. The number of thiophene rings is 1. The SMILES string of the molecule is C/C(=N/P(=O)(c1cc(C)cc(C)c1)c1cc(C)cc(C)c1)c1ccsc1. The zero-order valence-corrected chi connectivity index (χ0v) is 17.6. The molecule has 2 aromatic carbocycles. The summed E-state index contributed by atoms with van der Waals surface area (Å²) in [5.74, 6) is 0. The molecule has 0 saturated heterocycles. The maximum absolute atomic E-state index is 14.3. The van der Waals surface area contributed by atoms with Crippen molar-refractivity contribution in [1.82, 2.24) is 0 Å². The van der Waals surface area contributed by atoms with Gasteiger partial charge in [-0.15, -0.1) is 0 Å². The van der Waals surface area contributed by atoms with Gasteiger partial charge in [-0.3, -0.25) is 4.57 Å². The molecule has 1 aromatic heterocycles. The summed E-state index contributed by atoms with van der Waals surface area (Å²) < 4.78 is 19.2. The minimum atomic E-state index is -3.14. The molecule has 0 radical (unpaired) electrons. The molecule has 0 aliphatic rings. The molecule has 0 atom stereocenters. The first-order valence-electron chi connectivity index (χ1n) is 8.65. The minimum Gasteiger partial charge on any atom is -0.288 e. The molecule has 0 N–H and O–H groups in total. The van der Waals surface area contributed by atoms with E-state index in [4.69, 9.17) is 4.76 Å². The number of rotatable bonds is 4. The molecule has 3 rings (SSSR count). The topological polar surface area (TPSA) is 29.4 Å². The molecule has 0 unspecified atom stereocenters. The molecule has 0 spiro atoms. The predicted molar refractivity (Wildman–Crippen MR) is 115 cm³/mol. The zero-order valence-electron chi connectivity index (χ0n) is 15.9. The summed E-state index contributed by atoms with van der Waals surface area (Å²) in [6.45, 7) is 10.1. The van der Waals surface area contributed by atoms with Crippen LogP contribution in [0.4, 0.5) is 0 Å². The molecule has 3 aromatic rings. The van der Waals surface area contributed by atoms with Crippen LogP contribution >= 0.6 is 18.6 Å². The van der Waals surface area contributed by atoms with Gasteiger partial charge in [0.25, 0.3) is 0 Å². The van der Waals surface area contributed by atoms with Crippen LogP contribution in [-0.4, -0.2) is 5.71 Å². The lowest BCUT2D eigenvalue weighted by Crippen LogP contribution is -2.17. The Morgan fingerprint density at radius 3 is 1.69 bits per heavy atom. The number of hydrogen-bond acceptors (Lipinski definition) is 2. The quantitative estimate of drug-likeness (QED) is 0.420. The molecule has 0 bridgehead atoms. The lowest BCUT2D eigenvalue weighted by atomic mass is 10.2. The van der Waals surface area contributed by atoms with Crippen LogP contribution in [0.2, 0.25) is 0 Å². The van der Waals surface area contributed by atoms with Crippen LogP contribution in [0.15, 0.2) is 58.0 Å². The van der Waals surface area contributed by atoms with Gasteiger partial charge < -0.3 is 0 Å². The maximum atomic E-state index is 14.3. The van der Waals surface area contributed by atoms with E-state index in [1.165, 1.54) is 0 Å². The van der Waals surface area contributed by atoms with Crippen LogP contribution in [0, 0.1) is 27.7 Å². The van der Waals surface area contributed by atoms with Crippen molar-refractivity contribution in [2.75, 3.05) is 0 Å². The van der Waals surface area contributed by atoms with Crippen LogP contribution in [0.1, 0.15) is 34.7 Å². The number of aryl methyl sites for hydroxylation is 4. The van der Waals surface area contributed by atoms with E-state index in [1.807, 2.05) is 75.7 Å². The predicted octanol–water partition coefficient (Wildman–Crippen LogP) is 5.72. The Kier molecular flexibility index (Phi) is 5.32. The highest BCUT2D eigenvalue weighted by Gasteiger charge is 2.28. The van der Waals surface area contributed by atoms with Crippen molar-refractivity contribution >= 4 is 35.0 Å². The Labute approximate surface area is 160 Å². The Bertz CT molecular complexity index is 923. The largest absolute Gasteiger partial charge is 0.288 e. The third-order valence-corrected chi connectivity index (χ3v) is 7.52. The molecule has 0 aliphatic heterocycles. The van der Waals surface area contributed by atoms with Crippen LogP contribution in [-0.2, 0) is 4.57 Å². The van der Waals surface area contributed by atoms with Gasteiger partial charge in [0.05, 0.1) is 0 Å². The number of hydrogen-bond donors (Lipinski definition) is 0. The highest BCUT2D eigenvalue weighted by atomic mass is 32.1. The molecule has 26 heavy (non-hydrogen) atoms. The van der Waals surface area contributed by atoms with Crippen LogP contribution in [0.5, 0.6) is 0 Å². The van der Waals surface area contributed by atoms with Crippen molar-refractivity contribution in [3.63, 3.8) is 0 Å². The monoisotopic (exact) mass is 381 g/mol. The van der Waals surface area contributed by atoms with Crippen molar-refractivity contribution in [3.8, 4) is 0 Å². The third-order valence-electron chi connectivity index (χ3n) is 4.34. The Balaban J connectivity index is 2.28. The van der Waals surface area contributed by atoms with Crippen molar-refractivity contribution in [2.24, 2.45) is 4.76 Å². The first-order valence-corrected chi connectivity index (χ1v) is 11.3. The second-order valence-electron chi connectivity index (χ2n) is 6.97. The molecular weight excluding hydrogens is 357 g/mol. The second kappa shape index (κ2) is 7.34. The molecule has 0 saturated carbocycles. The summed E-state index contributed by atoms with van der Waals surface area (Å²) in [6, 6.07) is 14.3. The molecule has 4 heteroatoms. The van der Waals surface area contributed by atoms with E-state index in [0.29, 0.717) is 0 Å². The smallest absolute Gasteiger partial charge is 0.247 e. The first kappa shape index (κ1) is 18.8. The Hall–Kier alpha value is -1.96. The fourth-order valence-corrected chi connectivity index (χ4v) is 6.54. The van der Waals surface area contributed by atoms with E-state index >= 15 is 0 Å². The van der Waals surface area contributed by atoms with Gasteiger partial charge >= 0.3 is 0 Å². The van der Waals surface area contributed by atoms with E-state index in [2.05, 4.69) is 12.1 Å². The normalized spacial score (nSPS) is 12.4. The standard InChI is InChI=1S/C22H24NOPS/c1-15-8-16(2)11-21(10-15)25(24,22-12-17(3)9-18(4)13-22)23-19(5)20-6-7-26-14-20/h6-14H,1-5H3/b23-19-. The van der Waals surface area contributed by atoms with Crippen molar-refractivity contribution in [3.05, 3.63) is 81.0 Å². The minimum absolute atomic E-state index is 0.801. The van der Waals surface area contributed by atoms with E-state index in [0.717, 1.165) is 44.1 Å². The molecular formula is C22H24NOPS. The first-order chi connectivity index (χ1) is 12.3. The van der Waals surface area contributed by atoms with Crippen LogP contribution < -0.4 is 10.6 Å². The zero-order chi connectivity index (χ0) is 18.9. The fourth-order valence-electron chi connectivity index (χ4n) is 3.26. The van der Waals surface area contributed by atoms with Gasteiger partial charge in [-0.25, -0.2) is 4.76 Å². The third kappa shape index (κ3) is 3.90. The van der Waals surface area contributed by atoms with Crippen molar-refractivity contribution < 1.29 is 4.57 Å². The van der Waals surface area contributed by atoms with Crippen LogP contribution in [0.25, 0.3) is 0 Å². The second-order valence-corrected chi connectivity index (χ2v) is 10.1. The molecule has 1 heterocycles. The number of nitrogens with zero attached hydrogens (tertiary/aromatic N) is 1. The van der Waals surface area contributed by atoms with E-state index in [9.17, 15) is 4.57 Å². The molecule has 134 valence electrons. The number of benzene rings is 2. The summed E-state index contributed by atoms with van der Waals surface area (Å²) in [5, 5.41) is 5.67. The molecule has 0 aliphatic carbocycles. The van der Waals surface area contributed by atoms with Crippen molar-refractivity contribution in [2.45, 2.75) is 34.6 Å². The van der Waals surface area contributed by atoms with Gasteiger partial charge in [0.2, 0.25) is 7.29 Å². The Morgan fingerprint density at radius 2 is 1.31 bits per heavy atom. The summed E-state index contributed by atoms with van der Waals surface area (Å²) in [5.41, 5.74) is 6.26. The lowest BCUT2D eigenvalue weighted by molar-refractivity contribution is 0.588. The molecule has 0 amide bonds.